The fraction of sp³-hybridized carbons (Fsp3) is 0.500. The minimum Gasteiger partial charge on any atom is -0.441 e. The lowest BCUT2D eigenvalue weighted by Gasteiger charge is -2.19. The Balaban J connectivity index is 1.53. The van der Waals surface area contributed by atoms with Crippen molar-refractivity contribution in [3.8, 4) is 0 Å². The van der Waals surface area contributed by atoms with Crippen LogP contribution in [0.5, 0.6) is 0 Å². The Morgan fingerprint density at radius 1 is 1.30 bits per heavy atom. The molecule has 0 spiro atoms. The van der Waals surface area contributed by atoms with Crippen molar-refractivity contribution in [2.45, 2.75) is 44.6 Å². The molecule has 1 aromatic rings. The molecular weight excluding hydrogens is 406 g/mol. The number of urea groups is 1. The van der Waals surface area contributed by atoms with E-state index in [0.29, 0.717) is 6.54 Å². The molecular formula is C20H28N5O4S+. The summed E-state index contributed by atoms with van der Waals surface area (Å²) in [6, 6.07) is 1.59. The zero-order valence-electron chi connectivity index (χ0n) is 17.0. The van der Waals surface area contributed by atoms with Gasteiger partial charge in [-0.2, -0.15) is 0 Å². The lowest BCUT2D eigenvalue weighted by molar-refractivity contribution is -0.490. The van der Waals surface area contributed by atoms with E-state index < -0.39 is 15.9 Å². The van der Waals surface area contributed by atoms with Crippen molar-refractivity contribution >= 4 is 27.5 Å². The van der Waals surface area contributed by atoms with Crippen molar-refractivity contribution in [3.05, 3.63) is 39.4 Å². The summed E-state index contributed by atoms with van der Waals surface area (Å²) in [5.41, 5.74) is 11.3. The van der Waals surface area contributed by atoms with E-state index in [0.717, 1.165) is 61.5 Å². The minimum atomic E-state index is -3.74. The Kier molecular flexibility index (Phi) is 5.70. The third kappa shape index (κ3) is 3.89. The number of nitrogens with two attached hydrogens (primary N) is 1. The standard InChI is InChI=1S/C20H27N5O4S/c1-28-14-10-23-19(29-11-14)17(9-21)30(22,27)25-20(26)24-18-15-6-2-4-12(15)8-13-5-3-7-16(13)18/h8-9,14H,2-7,10-11,21H2,1H3,(H3,22,24,25,26,27)/p+1/b17-9+/t14-,30?/m0/s1. The number of fused-ring (bicyclic) bond motifs is 2. The first-order valence-electron chi connectivity index (χ1n) is 10.2. The zero-order valence-corrected chi connectivity index (χ0v) is 17.8. The number of carbonyl (C=O) groups is 1. The summed E-state index contributed by atoms with van der Waals surface area (Å²) in [5, 5.41) is 2.89. The van der Waals surface area contributed by atoms with Crippen LogP contribution < -0.4 is 20.8 Å². The van der Waals surface area contributed by atoms with Crippen molar-refractivity contribution in [2.75, 3.05) is 25.6 Å². The molecule has 1 aromatic carbocycles. The summed E-state index contributed by atoms with van der Waals surface area (Å²) in [5.74, 6) is 0.118. The van der Waals surface area contributed by atoms with E-state index in [-0.39, 0.29) is 23.5 Å². The van der Waals surface area contributed by atoms with Crippen LogP contribution >= 0.6 is 0 Å². The first kappa shape index (κ1) is 20.7. The molecule has 9 nitrogen and oxygen atoms in total. The number of anilines is 1. The van der Waals surface area contributed by atoms with E-state index in [4.69, 9.17) is 20.0 Å². The highest BCUT2D eigenvalue weighted by Crippen LogP contribution is 2.38. The zero-order chi connectivity index (χ0) is 21.3. The van der Waals surface area contributed by atoms with Crippen LogP contribution in [0.1, 0.15) is 35.1 Å². The molecule has 10 heteroatoms. The summed E-state index contributed by atoms with van der Waals surface area (Å²) in [6.07, 6.45) is 6.85. The van der Waals surface area contributed by atoms with Crippen LogP contribution in [0.2, 0.25) is 0 Å². The van der Waals surface area contributed by atoms with Gasteiger partial charge in [-0.25, -0.2) is 23.5 Å². The van der Waals surface area contributed by atoms with E-state index in [1.807, 2.05) is 0 Å². The number of nitrogens with one attached hydrogen (secondary N) is 4. The molecule has 6 N–H and O–H groups in total. The molecule has 0 fully saturated rings. The van der Waals surface area contributed by atoms with E-state index in [1.54, 1.807) is 7.11 Å². The van der Waals surface area contributed by atoms with E-state index in [1.165, 1.54) is 11.1 Å². The highest BCUT2D eigenvalue weighted by Gasteiger charge is 2.32. The fourth-order valence-corrected chi connectivity index (χ4v) is 5.40. The predicted octanol–water partition coefficient (Wildman–Crippen LogP) is 0.0717. The number of hydrogen-bond acceptors (Lipinski definition) is 6. The molecule has 3 aliphatic rings. The van der Waals surface area contributed by atoms with Crippen LogP contribution in [0.15, 0.2) is 17.2 Å². The molecule has 1 heterocycles. The van der Waals surface area contributed by atoms with Crippen molar-refractivity contribution in [2.24, 2.45) is 5.73 Å². The Labute approximate surface area is 176 Å². The van der Waals surface area contributed by atoms with Crippen LogP contribution in [0.25, 0.3) is 0 Å². The lowest BCUT2D eigenvalue weighted by atomic mass is 9.99. The highest BCUT2D eigenvalue weighted by atomic mass is 32.2. The monoisotopic (exact) mass is 434 g/mol. The first-order chi connectivity index (χ1) is 14.4. The third-order valence-electron chi connectivity index (χ3n) is 5.87. The average Bonchev–Trinajstić information content (AvgIpc) is 3.37. The Morgan fingerprint density at radius 3 is 2.50 bits per heavy atom. The van der Waals surface area contributed by atoms with Crippen molar-refractivity contribution in [3.63, 3.8) is 0 Å². The number of amides is 2. The first-order valence-corrected chi connectivity index (χ1v) is 11.7. The Bertz CT molecular complexity index is 1000. The van der Waals surface area contributed by atoms with Crippen LogP contribution in [-0.2, 0) is 45.1 Å². The van der Waals surface area contributed by atoms with Crippen molar-refractivity contribution < 1.29 is 23.5 Å². The molecule has 0 radical (unpaired) electrons. The molecule has 0 bridgehead atoms. The number of benzene rings is 1. The predicted molar refractivity (Wildman–Crippen MR) is 113 cm³/mol. The van der Waals surface area contributed by atoms with Gasteiger partial charge in [-0.1, -0.05) is 6.07 Å². The molecule has 4 rings (SSSR count). The topological polar surface area (TPSA) is 140 Å². The van der Waals surface area contributed by atoms with Crippen molar-refractivity contribution in [1.29, 1.82) is 4.78 Å². The second kappa shape index (κ2) is 8.27. The molecule has 162 valence electrons. The molecule has 0 saturated carbocycles. The Hall–Kier alpha value is -2.59. The minimum absolute atomic E-state index is 0.101. The lowest BCUT2D eigenvalue weighted by Crippen LogP contribution is -2.80. The van der Waals surface area contributed by atoms with Gasteiger partial charge >= 0.3 is 11.9 Å². The number of aryl methyl sites for hydroxylation is 2. The van der Waals surface area contributed by atoms with E-state index in [9.17, 15) is 9.00 Å². The summed E-state index contributed by atoms with van der Waals surface area (Å²) < 4.78 is 34.2. The maximum Gasteiger partial charge on any atom is 0.381 e. The van der Waals surface area contributed by atoms with E-state index in [2.05, 4.69) is 21.1 Å². The second-order valence-corrected chi connectivity index (χ2v) is 9.51. The maximum atomic E-state index is 13.0. The van der Waals surface area contributed by atoms with Gasteiger partial charge < -0.3 is 20.5 Å². The van der Waals surface area contributed by atoms with Crippen LogP contribution in [0.3, 0.4) is 0 Å². The number of carbonyl (C=O) groups excluding carboxylic acids is 1. The van der Waals surface area contributed by atoms with Gasteiger partial charge in [0.2, 0.25) is 0 Å². The third-order valence-corrected chi connectivity index (χ3v) is 7.28. The SMILES string of the molecule is CO[C@H]1C[NH+]=C(/C(=C\N)S(=N)(=O)NC(=O)Nc2c3c(cc4c2CCC4)CCC3)OC1. The normalized spacial score (nSPS) is 22.4. The molecule has 1 aliphatic heterocycles. The smallest absolute Gasteiger partial charge is 0.381 e. The van der Waals surface area contributed by atoms with Crippen LogP contribution in [0, 0.1) is 4.78 Å². The number of rotatable bonds is 5. The summed E-state index contributed by atoms with van der Waals surface area (Å²) >= 11 is 0. The van der Waals surface area contributed by atoms with Gasteiger partial charge in [0.05, 0.1) is 0 Å². The molecule has 0 aromatic heterocycles. The van der Waals surface area contributed by atoms with Gasteiger partial charge in [-0.3, -0.25) is 0 Å². The summed E-state index contributed by atoms with van der Waals surface area (Å²) in [7, 11) is -2.17. The van der Waals surface area contributed by atoms with E-state index >= 15 is 0 Å². The van der Waals surface area contributed by atoms with Gasteiger partial charge in [0.15, 0.2) is 21.4 Å². The fourth-order valence-electron chi connectivity index (χ4n) is 4.40. The molecule has 2 aliphatic carbocycles. The number of methoxy groups -OCH3 is 1. The van der Waals surface area contributed by atoms with Gasteiger partial charge in [0.25, 0.3) is 0 Å². The summed E-state index contributed by atoms with van der Waals surface area (Å²) in [6.45, 7) is 0.660. The van der Waals surface area contributed by atoms with Crippen molar-refractivity contribution in [1.82, 2.24) is 4.72 Å². The Morgan fingerprint density at radius 2 is 1.97 bits per heavy atom. The highest BCUT2D eigenvalue weighted by molar-refractivity contribution is 7.95. The summed E-state index contributed by atoms with van der Waals surface area (Å²) in [4.78, 5) is 15.6. The average molecular weight is 435 g/mol. The molecule has 2 amide bonds. The van der Waals surface area contributed by atoms with Gasteiger partial charge in [-0.05, 0) is 60.8 Å². The second-order valence-electron chi connectivity index (χ2n) is 7.76. The molecule has 0 saturated heterocycles. The van der Waals surface area contributed by atoms with Crippen LogP contribution in [0.4, 0.5) is 10.5 Å². The van der Waals surface area contributed by atoms with Gasteiger partial charge in [0, 0.05) is 19.0 Å². The molecule has 30 heavy (non-hydrogen) atoms. The van der Waals surface area contributed by atoms with Crippen LogP contribution in [-0.4, -0.2) is 42.5 Å². The number of ether oxygens (including phenoxy) is 2. The maximum absolute atomic E-state index is 13.0. The molecule has 2 atom stereocenters. The number of hydrogen-bond donors (Lipinski definition) is 5. The largest absolute Gasteiger partial charge is 0.441 e. The van der Waals surface area contributed by atoms with Gasteiger partial charge in [-0.15, -0.1) is 0 Å². The quantitative estimate of drug-likeness (QED) is 0.446. The molecule has 1 unspecified atom stereocenters. The van der Waals surface area contributed by atoms with Gasteiger partial charge in [0.1, 0.15) is 12.7 Å².